The summed E-state index contributed by atoms with van der Waals surface area (Å²) in [4.78, 5) is 4.71. The first-order valence-electron chi connectivity index (χ1n) is 24.2. The number of hydrogen-bond donors (Lipinski definition) is 0. The van der Waals surface area contributed by atoms with Crippen LogP contribution in [0.15, 0.2) is 283 Å². The molecule has 0 amide bonds. The minimum absolute atomic E-state index is 0.862. The van der Waals surface area contributed by atoms with Crippen LogP contribution in [0.25, 0.3) is 88.0 Å². The lowest BCUT2D eigenvalue weighted by atomic mass is 9.97. The smallest absolute Gasteiger partial charge is 0.138 e. The van der Waals surface area contributed by atoms with E-state index in [9.17, 15) is 0 Å². The van der Waals surface area contributed by atoms with Crippen molar-refractivity contribution in [3.05, 3.63) is 279 Å². The summed E-state index contributed by atoms with van der Waals surface area (Å²) in [6, 6.07) is 100. The molecule has 0 saturated carbocycles. The molecule has 0 fully saturated rings. The predicted molar refractivity (Wildman–Crippen MR) is 300 cm³/mol. The molecule has 0 saturated heterocycles. The highest BCUT2D eigenvalue weighted by atomic mass is 16.3. The molecule has 0 radical (unpaired) electrons. The Morgan fingerprint density at radius 3 is 0.972 bits per heavy atom. The molecule has 334 valence electrons. The van der Waals surface area contributed by atoms with Gasteiger partial charge in [-0.1, -0.05) is 206 Å². The van der Waals surface area contributed by atoms with Crippen molar-refractivity contribution in [1.82, 2.24) is 0 Å². The Kier molecular flexibility index (Phi) is 10.5. The Morgan fingerprint density at radius 2 is 0.549 bits per heavy atom. The van der Waals surface area contributed by atoms with Crippen LogP contribution in [0, 0.1) is 0 Å². The maximum Gasteiger partial charge on any atom is 0.138 e. The van der Waals surface area contributed by atoms with Gasteiger partial charge in [0.2, 0.25) is 0 Å². The zero-order valence-corrected chi connectivity index (χ0v) is 38.9. The minimum atomic E-state index is 0.862. The van der Waals surface area contributed by atoms with Crippen molar-refractivity contribution in [2.24, 2.45) is 0 Å². The molecule has 13 rings (SSSR count). The molecule has 12 aromatic carbocycles. The van der Waals surface area contributed by atoms with Gasteiger partial charge in [-0.25, -0.2) is 0 Å². The molecule has 3 nitrogen and oxygen atoms in total. The van der Waals surface area contributed by atoms with Crippen LogP contribution in [-0.4, -0.2) is 0 Å². The summed E-state index contributed by atoms with van der Waals surface area (Å²) in [6.07, 6.45) is 0. The lowest BCUT2D eigenvalue weighted by Crippen LogP contribution is -2.10. The lowest BCUT2D eigenvalue weighted by Gasteiger charge is -2.27. The normalized spacial score (nSPS) is 11.4. The molecule has 0 aliphatic heterocycles. The molecular formula is C68H46N2O. The number of fused-ring (bicyclic) bond motifs is 7. The summed E-state index contributed by atoms with van der Waals surface area (Å²) in [5.74, 6) is 0. The van der Waals surface area contributed by atoms with Crippen LogP contribution in [0.1, 0.15) is 0 Å². The van der Waals surface area contributed by atoms with Crippen molar-refractivity contribution in [1.29, 1.82) is 0 Å². The highest BCUT2D eigenvalue weighted by Gasteiger charge is 2.22. The first kappa shape index (κ1) is 41.7. The summed E-state index contributed by atoms with van der Waals surface area (Å²) in [6.45, 7) is 0. The van der Waals surface area contributed by atoms with Gasteiger partial charge in [0.25, 0.3) is 0 Å². The van der Waals surface area contributed by atoms with E-state index in [0.717, 1.165) is 78.0 Å². The molecule has 1 aromatic heterocycles. The fourth-order valence-corrected chi connectivity index (χ4v) is 10.3. The molecule has 0 unspecified atom stereocenters. The standard InChI is InChI=1S/C68H46N2O/c1-4-14-47(15-5-1)50-24-35-56(36-25-50)69(57-37-26-51(27-38-57)48-16-6-2-7-17-48)58-39-28-53(29-40-58)54-32-43-60(44-33-54)70(59-41-30-52(31-42-59)49-18-8-3-9-19-49)64-46-66-68(63-23-13-12-22-62(63)64)67-61-21-11-10-20-55(61)34-45-65(67)71-66/h1-46H. The predicted octanol–water partition coefficient (Wildman–Crippen LogP) is 19.5. The van der Waals surface area contributed by atoms with Crippen LogP contribution in [-0.2, 0) is 0 Å². The van der Waals surface area contributed by atoms with Gasteiger partial charge in [-0.05, 0) is 127 Å². The Hall–Kier alpha value is -9.44. The number of rotatable bonds is 10. The van der Waals surface area contributed by atoms with E-state index in [0.29, 0.717) is 0 Å². The first-order valence-corrected chi connectivity index (χ1v) is 24.2. The molecule has 0 atom stereocenters. The van der Waals surface area contributed by atoms with E-state index >= 15 is 0 Å². The Balaban J connectivity index is 0.885. The largest absolute Gasteiger partial charge is 0.456 e. The molecule has 0 spiro atoms. The highest BCUT2D eigenvalue weighted by molar-refractivity contribution is 6.28. The van der Waals surface area contributed by atoms with Crippen LogP contribution in [0.2, 0.25) is 0 Å². The van der Waals surface area contributed by atoms with Gasteiger partial charge in [-0.2, -0.15) is 0 Å². The van der Waals surface area contributed by atoms with Gasteiger partial charge in [0, 0.05) is 50.7 Å². The Morgan fingerprint density at radius 1 is 0.225 bits per heavy atom. The van der Waals surface area contributed by atoms with Crippen molar-refractivity contribution in [3.63, 3.8) is 0 Å². The minimum Gasteiger partial charge on any atom is -0.456 e. The fraction of sp³-hybridized carbons (Fsp3) is 0. The number of nitrogens with zero attached hydrogens (tertiary/aromatic N) is 2. The van der Waals surface area contributed by atoms with Crippen LogP contribution < -0.4 is 9.80 Å². The monoisotopic (exact) mass is 906 g/mol. The second kappa shape index (κ2) is 17.9. The van der Waals surface area contributed by atoms with Gasteiger partial charge >= 0.3 is 0 Å². The SMILES string of the molecule is c1ccc(-c2ccc(N(c3ccc(-c4ccccc4)cc3)c3ccc(-c4ccc(N(c5ccc(-c6ccccc6)cc5)c5cc6oc7ccc8ccccc8c7c6c6ccccc56)cc4)cc3)cc2)cc1. The summed E-state index contributed by atoms with van der Waals surface area (Å²) >= 11 is 0. The van der Waals surface area contributed by atoms with Gasteiger partial charge < -0.3 is 14.2 Å². The third-order valence-electron chi connectivity index (χ3n) is 13.9. The molecule has 0 aliphatic carbocycles. The molecule has 71 heavy (non-hydrogen) atoms. The first-order chi connectivity index (χ1) is 35.2. The maximum atomic E-state index is 6.78. The topological polar surface area (TPSA) is 19.6 Å². The fourth-order valence-electron chi connectivity index (χ4n) is 10.3. The van der Waals surface area contributed by atoms with E-state index in [1.807, 2.05) is 0 Å². The highest BCUT2D eigenvalue weighted by Crippen LogP contribution is 2.47. The summed E-state index contributed by atoms with van der Waals surface area (Å²) in [7, 11) is 0. The summed E-state index contributed by atoms with van der Waals surface area (Å²) in [5.41, 5.74) is 17.6. The molecular weight excluding hydrogens is 861 g/mol. The van der Waals surface area contributed by atoms with Gasteiger partial charge in [0.15, 0.2) is 0 Å². The average molecular weight is 907 g/mol. The Labute approximate surface area is 413 Å². The number of benzene rings is 12. The second-order valence-corrected chi connectivity index (χ2v) is 18.1. The van der Waals surface area contributed by atoms with Crippen LogP contribution in [0.5, 0.6) is 0 Å². The zero-order chi connectivity index (χ0) is 47.1. The summed E-state index contributed by atoms with van der Waals surface area (Å²) in [5, 5.41) is 7.00. The quantitative estimate of drug-likeness (QED) is 0.136. The Bertz CT molecular complexity index is 3900. The summed E-state index contributed by atoms with van der Waals surface area (Å²) < 4.78 is 6.78. The molecule has 0 aliphatic rings. The number of furan rings is 1. The molecule has 3 heteroatoms. The van der Waals surface area contributed by atoms with E-state index in [4.69, 9.17) is 4.42 Å². The van der Waals surface area contributed by atoms with Crippen molar-refractivity contribution < 1.29 is 4.42 Å². The molecule has 1 heterocycles. The van der Waals surface area contributed by atoms with E-state index in [-0.39, 0.29) is 0 Å². The van der Waals surface area contributed by atoms with Crippen molar-refractivity contribution >= 4 is 77.6 Å². The van der Waals surface area contributed by atoms with Crippen molar-refractivity contribution in [2.45, 2.75) is 0 Å². The average Bonchev–Trinajstić information content (AvgIpc) is 3.85. The van der Waals surface area contributed by atoms with E-state index in [2.05, 4.69) is 289 Å². The van der Waals surface area contributed by atoms with E-state index in [1.54, 1.807) is 0 Å². The van der Waals surface area contributed by atoms with Gasteiger partial charge in [-0.15, -0.1) is 0 Å². The third-order valence-corrected chi connectivity index (χ3v) is 13.9. The van der Waals surface area contributed by atoms with Gasteiger partial charge in [-0.3, -0.25) is 0 Å². The molecule has 0 N–H and O–H groups in total. The zero-order valence-electron chi connectivity index (χ0n) is 38.9. The van der Waals surface area contributed by atoms with E-state index < -0.39 is 0 Å². The maximum absolute atomic E-state index is 6.78. The second-order valence-electron chi connectivity index (χ2n) is 18.1. The van der Waals surface area contributed by atoms with Gasteiger partial charge in [0.05, 0.1) is 5.69 Å². The van der Waals surface area contributed by atoms with Crippen LogP contribution in [0.4, 0.5) is 34.1 Å². The molecule has 13 aromatic rings. The number of hydrogen-bond acceptors (Lipinski definition) is 3. The van der Waals surface area contributed by atoms with Crippen LogP contribution >= 0.6 is 0 Å². The third kappa shape index (κ3) is 7.76. The molecule has 0 bridgehead atoms. The van der Waals surface area contributed by atoms with Crippen molar-refractivity contribution in [3.8, 4) is 44.5 Å². The van der Waals surface area contributed by atoms with Gasteiger partial charge in [0.1, 0.15) is 11.2 Å². The lowest BCUT2D eigenvalue weighted by molar-refractivity contribution is 0.669. The van der Waals surface area contributed by atoms with Crippen LogP contribution in [0.3, 0.4) is 0 Å². The van der Waals surface area contributed by atoms with E-state index in [1.165, 1.54) is 44.2 Å². The van der Waals surface area contributed by atoms with Crippen molar-refractivity contribution in [2.75, 3.05) is 9.80 Å². The number of anilines is 6.